The van der Waals surface area contributed by atoms with Crippen LogP contribution in [0.4, 0.5) is 0 Å². The number of nitrogens with zero attached hydrogens (tertiary/aromatic N) is 3. The molecule has 2 saturated carbocycles. The fourth-order valence-corrected chi connectivity index (χ4v) is 5.43. The van der Waals surface area contributed by atoms with Crippen molar-refractivity contribution in [2.24, 2.45) is 10.4 Å². The molecule has 24 heavy (non-hydrogen) atoms. The number of nitrogens with one attached hydrogen (secondary N) is 1. The normalized spacial score (nSPS) is 36.0. The summed E-state index contributed by atoms with van der Waals surface area (Å²) in [6.07, 6.45) is 9.68. The summed E-state index contributed by atoms with van der Waals surface area (Å²) in [4.78, 5) is 9.80. The Bertz CT molecular complexity index is 470. The smallest absolute Gasteiger partial charge is 0.193 e. The maximum Gasteiger partial charge on any atom is 0.193 e. The molecule has 2 saturated heterocycles. The Hall–Kier alpha value is -0.810. The molecule has 5 heteroatoms. The highest BCUT2D eigenvalue weighted by Crippen LogP contribution is 2.57. The summed E-state index contributed by atoms with van der Waals surface area (Å²) in [7, 11) is 1.94. The number of hydrogen-bond acceptors (Lipinski definition) is 3. The molecule has 3 unspecified atom stereocenters. The van der Waals surface area contributed by atoms with E-state index in [1.165, 1.54) is 51.6 Å². The van der Waals surface area contributed by atoms with Crippen molar-refractivity contribution in [1.29, 1.82) is 0 Å². The summed E-state index contributed by atoms with van der Waals surface area (Å²) in [6, 6.07) is 1.30. The number of likely N-dealkylation sites (tertiary alicyclic amines) is 2. The lowest BCUT2D eigenvalue weighted by atomic mass is 9.51. The van der Waals surface area contributed by atoms with Crippen LogP contribution in [0.3, 0.4) is 0 Å². The van der Waals surface area contributed by atoms with Crippen molar-refractivity contribution in [2.75, 3.05) is 39.8 Å². The molecule has 0 bridgehead atoms. The predicted molar refractivity (Wildman–Crippen MR) is 97.4 cm³/mol. The van der Waals surface area contributed by atoms with Crippen LogP contribution in [0, 0.1) is 5.41 Å². The molecule has 2 heterocycles. The highest BCUT2D eigenvalue weighted by atomic mass is 16.5. The van der Waals surface area contributed by atoms with Gasteiger partial charge < -0.3 is 15.0 Å². The second-order valence-electron chi connectivity index (χ2n) is 8.14. The summed E-state index contributed by atoms with van der Waals surface area (Å²) in [5.41, 5.74) is 0.403. The molecule has 0 amide bonds. The molecule has 4 fully saturated rings. The maximum absolute atomic E-state index is 5.99. The first-order valence-corrected chi connectivity index (χ1v) is 10.1. The van der Waals surface area contributed by atoms with Gasteiger partial charge >= 0.3 is 0 Å². The molecule has 5 nitrogen and oxygen atoms in total. The molecule has 2 aliphatic heterocycles. The molecule has 136 valence electrons. The summed E-state index contributed by atoms with van der Waals surface area (Å²) < 4.78 is 5.99. The fraction of sp³-hybridized carbons (Fsp3) is 0.947. The van der Waals surface area contributed by atoms with Crippen LogP contribution in [0.2, 0.25) is 0 Å². The van der Waals surface area contributed by atoms with Gasteiger partial charge in [0.25, 0.3) is 0 Å². The van der Waals surface area contributed by atoms with E-state index in [1.54, 1.807) is 0 Å². The van der Waals surface area contributed by atoms with E-state index >= 15 is 0 Å². The zero-order chi connectivity index (χ0) is 16.6. The molecule has 2 aliphatic carbocycles. The van der Waals surface area contributed by atoms with Crippen LogP contribution in [0.5, 0.6) is 0 Å². The van der Waals surface area contributed by atoms with E-state index in [0.29, 0.717) is 17.6 Å². The zero-order valence-electron chi connectivity index (χ0n) is 15.5. The van der Waals surface area contributed by atoms with Crippen LogP contribution in [-0.2, 0) is 4.74 Å². The Balaban J connectivity index is 1.34. The number of hydrogen-bond donors (Lipinski definition) is 1. The van der Waals surface area contributed by atoms with Gasteiger partial charge in [0.1, 0.15) is 0 Å². The average Bonchev–Trinajstić information content (AvgIpc) is 3.19. The van der Waals surface area contributed by atoms with Crippen molar-refractivity contribution in [2.45, 2.75) is 70.1 Å². The van der Waals surface area contributed by atoms with Gasteiger partial charge in [0.05, 0.1) is 6.10 Å². The Morgan fingerprint density at radius 3 is 2.62 bits per heavy atom. The fourth-order valence-electron chi connectivity index (χ4n) is 5.43. The van der Waals surface area contributed by atoms with Crippen LogP contribution < -0.4 is 5.32 Å². The van der Waals surface area contributed by atoms with E-state index in [4.69, 9.17) is 4.74 Å². The molecule has 0 radical (unpaired) electrons. The minimum absolute atomic E-state index is 0.403. The molecule has 1 N–H and O–H groups in total. The third kappa shape index (κ3) is 2.74. The van der Waals surface area contributed by atoms with E-state index in [-0.39, 0.29) is 0 Å². The van der Waals surface area contributed by atoms with Gasteiger partial charge in [0, 0.05) is 44.2 Å². The Morgan fingerprint density at radius 2 is 2.00 bits per heavy atom. The minimum atomic E-state index is 0.403. The van der Waals surface area contributed by atoms with Gasteiger partial charge in [-0.2, -0.15) is 0 Å². The lowest BCUT2D eigenvalue weighted by Crippen LogP contribution is -2.68. The molecule has 1 spiro atoms. The van der Waals surface area contributed by atoms with E-state index < -0.39 is 0 Å². The van der Waals surface area contributed by atoms with Crippen LogP contribution in [0.15, 0.2) is 4.99 Å². The topological polar surface area (TPSA) is 40.1 Å². The van der Waals surface area contributed by atoms with E-state index in [2.05, 4.69) is 27.0 Å². The van der Waals surface area contributed by atoms with Gasteiger partial charge in [-0.25, -0.2) is 0 Å². The molecule has 4 rings (SSSR count). The van der Waals surface area contributed by atoms with Gasteiger partial charge in [0.15, 0.2) is 5.96 Å². The highest BCUT2D eigenvalue weighted by Gasteiger charge is 2.59. The van der Waals surface area contributed by atoms with Crippen molar-refractivity contribution in [1.82, 2.24) is 15.1 Å². The highest BCUT2D eigenvalue weighted by molar-refractivity contribution is 5.80. The minimum Gasteiger partial charge on any atom is -0.378 e. The van der Waals surface area contributed by atoms with E-state index in [0.717, 1.165) is 38.1 Å². The molecule has 0 aromatic heterocycles. The maximum atomic E-state index is 5.99. The Morgan fingerprint density at radius 1 is 1.21 bits per heavy atom. The second kappa shape index (κ2) is 6.83. The zero-order valence-corrected chi connectivity index (χ0v) is 15.5. The third-order valence-corrected chi connectivity index (χ3v) is 7.07. The standard InChI is InChI=1S/C19H34N4O/c1-3-24-17-13-16(19(17)8-6-9-19)21-18(20-2)23-12-7-15(14-23)22-10-4-5-11-22/h15-17H,3-14H2,1-2H3,(H,20,21). The van der Waals surface area contributed by atoms with Gasteiger partial charge in [-0.3, -0.25) is 9.89 Å². The summed E-state index contributed by atoms with van der Waals surface area (Å²) in [5.74, 6) is 1.13. The van der Waals surface area contributed by atoms with E-state index in [1.807, 2.05) is 7.05 Å². The monoisotopic (exact) mass is 334 g/mol. The quantitative estimate of drug-likeness (QED) is 0.631. The van der Waals surface area contributed by atoms with Gasteiger partial charge in [-0.15, -0.1) is 0 Å². The molecular formula is C19H34N4O. The van der Waals surface area contributed by atoms with Gasteiger partial charge in [-0.1, -0.05) is 6.42 Å². The lowest BCUT2D eigenvalue weighted by Gasteiger charge is -2.61. The van der Waals surface area contributed by atoms with Crippen LogP contribution in [0.25, 0.3) is 0 Å². The van der Waals surface area contributed by atoms with Crippen molar-refractivity contribution in [3.8, 4) is 0 Å². The van der Waals surface area contributed by atoms with Crippen molar-refractivity contribution in [3.63, 3.8) is 0 Å². The van der Waals surface area contributed by atoms with Crippen LogP contribution in [-0.4, -0.2) is 73.8 Å². The molecule has 3 atom stereocenters. The SMILES string of the molecule is CCOC1CC(NC(=NC)N2CCC(N3CCCC3)C2)C12CCC2. The van der Waals surface area contributed by atoms with Crippen molar-refractivity contribution < 1.29 is 4.74 Å². The summed E-state index contributed by atoms with van der Waals surface area (Å²) in [5, 5.41) is 3.81. The molecular weight excluding hydrogens is 300 g/mol. The van der Waals surface area contributed by atoms with Crippen molar-refractivity contribution in [3.05, 3.63) is 0 Å². The van der Waals surface area contributed by atoms with Crippen LogP contribution in [0.1, 0.15) is 51.9 Å². The predicted octanol–water partition coefficient (Wildman–Crippen LogP) is 2.08. The number of ether oxygens (including phenoxy) is 1. The van der Waals surface area contributed by atoms with Crippen LogP contribution >= 0.6 is 0 Å². The third-order valence-electron chi connectivity index (χ3n) is 7.07. The number of guanidine groups is 1. The van der Waals surface area contributed by atoms with E-state index in [9.17, 15) is 0 Å². The Labute approximate surface area is 146 Å². The first kappa shape index (κ1) is 16.6. The number of aliphatic imine (C=N–C) groups is 1. The summed E-state index contributed by atoms with van der Waals surface area (Å²) >= 11 is 0. The number of rotatable bonds is 4. The summed E-state index contributed by atoms with van der Waals surface area (Å²) in [6.45, 7) is 7.86. The largest absolute Gasteiger partial charge is 0.378 e. The van der Waals surface area contributed by atoms with Crippen molar-refractivity contribution >= 4 is 5.96 Å². The Kier molecular flexibility index (Phi) is 4.74. The lowest BCUT2D eigenvalue weighted by molar-refractivity contribution is -0.168. The molecule has 0 aromatic carbocycles. The van der Waals surface area contributed by atoms with Gasteiger partial charge in [-0.05, 0) is 58.5 Å². The second-order valence-corrected chi connectivity index (χ2v) is 8.14. The first-order valence-electron chi connectivity index (χ1n) is 10.1. The molecule has 4 aliphatic rings. The first-order chi connectivity index (χ1) is 11.8. The average molecular weight is 335 g/mol. The molecule has 0 aromatic rings. The van der Waals surface area contributed by atoms with Gasteiger partial charge in [0.2, 0.25) is 0 Å².